The van der Waals surface area contributed by atoms with Crippen LogP contribution in [0.2, 0.25) is 10.0 Å². The second-order valence-corrected chi connectivity index (χ2v) is 11.7. The van der Waals surface area contributed by atoms with Crippen molar-refractivity contribution in [3.05, 3.63) is 81.4 Å². The number of halogens is 2. The first-order valence-corrected chi connectivity index (χ1v) is 13.8. The lowest BCUT2D eigenvalue weighted by Crippen LogP contribution is -2.41. The molecule has 1 saturated heterocycles. The van der Waals surface area contributed by atoms with Crippen LogP contribution in [0.1, 0.15) is 83.0 Å². The van der Waals surface area contributed by atoms with Crippen molar-refractivity contribution in [2.45, 2.75) is 64.0 Å². The average Bonchev–Trinajstić information content (AvgIpc) is 3.53. The minimum absolute atomic E-state index is 0.0153. The number of carbonyl (C=O) groups is 3. The second kappa shape index (κ2) is 10.7. The number of hydrogen-bond acceptors (Lipinski definition) is 5. The van der Waals surface area contributed by atoms with Crippen LogP contribution in [0.3, 0.4) is 0 Å². The van der Waals surface area contributed by atoms with Crippen LogP contribution in [-0.2, 0) is 4.79 Å². The molecular weight excluding hydrogens is 539 g/mol. The second-order valence-electron chi connectivity index (χ2n) is 10.8. The number of carboxylic acids is 1. The summed E-state index contributed by atoms with van der Waals surface area (Å²) in [5.41, 5.74) is 1.62. The normalized spacial score (nSPS) is 25.0. The number of amides is 1. The largest absolute Gasteiger partial charge is 0.481 e. The maximum absolute atomic E-state index is 14.0. The number of Topliss-reactive ketones (excluding diaryl/α,β-unsaturated/α-hetero) is 1. The molecule has 0 spiro atoms. The van der Waals surface area contributed by atoms with E-state index in [9.17, 15) is 19.5 Å². The molecule has 1 aromatic carbocycles. The van der Waals surface area contributed by atoms with Crippen LogP contribution in [0.5, 0.6) is 0 Å². The number of carbonyl (C=O) groups excluding carboxylic acids is 2. The van der Waals surface area contributed by atoms with Crippen molar-refractivity contribution in [1.29, 1.82) is 0 Å². The molecule has 1 saturated carbocycles. The molecule has 204 valence electrons. The fourth-order valence-electron chi connectivity index (χ4n) is 5.94. The number of aliphatic carboxylic acids is 1. The van der Waals surface area contributed by atoms with Gasteiger partial charge in [0, 0.05) is 30.6 Å². The number of hydrogen-bond donors (Lipinski definition) is 1. The number of ketones is 1. The summed E-state index contributed by atoms with van der Waals surface area (Å²) in [6.07, 6.45) is 7.18. The van der Waals surface area contributed by atoms with Crippen molar-refractivity contribution in [2.24, 2.45) is 5.41 Å². The van der Waals surface area contributed by atoms with Gasteiger partial charge < -0.3 is 10.0 Å². The monoisotopic (exact) mass is 568 g/mol. The number of nitrogens with zero attached hydrogens (tertiary/aromatic N) is 4. The summed E-state index contributed by atoms with van der Waals surface area (Å²) in [6, 6.07) is 9.09. The van der Waals surface area contributed by atoms with Gasteiger partial charge in [-0.1, -0.05) is 53.5 Å². The maximum atomic E-state index is 14.0. The van der Waals surface area contributed by atoms with E-state index >= 15 is 0 Å². The predicted octanol–water partition coefficient (Wildman–Crippen LogP) is 5.98. The van der Waals surface area contributed by atoms with Crippen molar-refractivity contribution in [3.8, 4) is 0 Å². The molecule has 0 bridgehead atoms. The van der Waals surface area contributed by atoms with E-state index in [1.54, 1.807) is 18.0 Å². The standard InChI is InChI=1S/C29H30Cl2N4O4/c1-17-21(13-33-35(17)20-8-10-29(2,11-9-20)28(38)39)27(37)34-16-19(18-6-4-3-5-7-18)12-24(34)26(36)25-22(30)14-32-15-23(25)31/h3-7,13-15,19-20,24H,8-12,16H2,1-2H3,(H,38,39)/t19-,20?,24+,29?/m0/s1. The highest BCUT2D eigenvalue weighted by molar-refractivity contribution is 6.40. The molecule has 5 rings (SSSR count). The third-order valence-electron chi connectivity index (χ3n) is 8.43. The number of rotatable bonds is 6. The van der Waals surface area contributed by atoms with Crippen LogP contribution in [-0.4, -0.2) is 55.0 Å². The number of aromatic nitrogens is 3. The first-order valence-electron chi connectivity index (χ1n) is 13.1. The Morgan fingerprint density at radius 1 is 1.03 bits per heavy atom. The van der Waals surface area contributed by atoms with Gasteiger partial charge in [0.15, 0.2) is 5.78 Å². The fourth-order valence-corrected chi connectivity index (χ4v) is 6.49. The molecule has 8 nitrogen and oxygen atoms in total. The topological polar surface area (TPSA) is 105 Å². The van der Waals surface area contributed by atoms with E-state index in [2.05, 4.69) is 10.1 Å². The molecule has 2 fully saturated rings. The fraction of sp³-hybridized carbons (Fsp3) is 0.414. The van der Waals surface area contributed by atoms with Crippen molar-refractivity contribution >= 4 is 40.9 Å². The summed E-state index contributed by atoms with van der Waals surface area (Å²) >= 11 is 12.7. The Hall–Kier alpha value is -3.23. The predicted molar refractivity (Wildman–Crippen MR) is 147 cm³/mol. The zero-order valence-electron chi connectivity index (χ0n) is 21.8. The molecule has 39 heavy (non-hydrogen) atoms. The highest BCUT2D eigenvalue weighted by Crippen LogP contribution is 2.42. The first kappa shape index (κ1) is 27.3. The summed E-state index contributed by atoms with van der Waals surface area (Å²) < 4.78 is 1.84. The van der Waals surface area contributed by atoms with Crippen LogP contribution in [0.4, 0.5) is 0 Å². The van der Waals surface area contributed by atoms with Crippen LogP contribution in [0.15, 0.2) is 48.9 Å². The minimum Gasteiger partial charge on any atom is -0.481 e. The third kappa shape index (κ3) is 5.08. The average molecular weight is 569 g/mol. The molecular formula is C29H30Cl2N4O4. The lowest BCUT2D eigenvalue weighted by molar-refractivity contribution is -0.150. The van der Waals surface area contributed by atoms with Crippen LogP contribution < -0.4 is 0 Å². The molecule has 2 aromatic heterocycles. The maximum Gasteiger partial charge on any atom is 0.309 e. The van der Waals surface area contributed by atoms with Crippen molar-refractivity contribution in [3.63, 3.8) is 0 Å². The summed E-state index contributed by atoms with van der Waals surface area (Å²) in [7, 11) is 0. The van der Waals surface area contributed by atoms with Gasteiger partial charge in [-0.3, -0.25) is 24.0 Å². The van der Waals surface area contributed by atoms with E-state index in [1.807, 2.05) is 41.9 Å². The van der Waals surface area contributed by atoms with Gasteiger partial charge in [-0.05, 0) is 51.5 Å². The first-order chi connectivity index (χ1) is 18.6. The molecule has 3 heterocycles. The number of pyridine rings is 1. The van der Waals surface area contributed by atoms with E-state index in [0.717, 1.165) is 5.56 Å². The Morgan fingerprint density at radius 3 is 2.28 bits per heavy atom. The number of likely N-dealkylation sites (tertiary alicyclic amines) is 1. The Balaban J connectivity index is 1.44. The van der Waals surface area contributed by atoms with Crippen molar-refractivity contribution in [2.75, 3.05) is 6.54 Å². The van der Waals surface area contributed by atoms with Gasteiger partial charge in [0.05, 0.1) is 44.9 Å². The van der Waals surface area contributed by atoms with Gasteiger partial charge in [0.2, 0.25) is 0 Å². The Bertz CT molecular complexity index is 1400. The molecule has 0 unspecified atom stereocenters. The minimum atomic E-state index is -0.777. The van der Waals surface area contributed by atoms with E-state index < -0.39 is 17.4 Å². The molecule has 3 aromatic rings. The smallest absolute Gasteiger partial charge is 0.309 e. The van der Waals surface area contributed by atoms with E-state index in [-0.39, 0.29) is 39.3 Å². The summed E-state index contributed by atoms with van der Waals surface area (Å²) in [5.74, 6) is -1.40. The molecule has 1 N–H and O–H groups in total. The van der Waals surface area contributed by atoms with Gasteiger partial charge in [-0.25, -0.2) is 0 Å². The summed E-state index contributed by atoms with van der Waals surface area (Å²) in [4.78, 5) is 45.1. The molecule has 0 radical (unpaired) electrons. The lowest BCUT2D eigenvalue weighted by Gasteiger charge is -2.34. The highest BCUT2D eigenvalue weighted by Gasteiger charge is 2.43. The third-order valence-corrected chi connectivity index (χ3v) is 9.00. The van der Waals surface area contributed by atoms with Gasteiger partial charge in [0.1, 0.15) is 0 Å². The SMILES string of the molecule is Cc1c(C(=O)N2C[C@@H](c3ccccc3)C[C@@H]2C(=O)c2c(Cl)cncc2Cl)cnn1C1CCC(C)(C(=O)O)CC1. The van der Waals surface area contributed by atoms with Crippen LogP contribution >= 0.6 is 23.2 Å². The van der Waals surface area contributed by atoms with Gasteiger partial charge >= 0.3 is 5.97 Å². The number of benzene rings is 1. The molecule has 1 amide bonds. The summed E-state index contributed by atoms with van der Waals surface area (Å²) in [5, 5.41) is 14.4. The zero-order chi connectivity index (χ0) is 27.9. The lowest BCUT2D eigenvalue weighted by atomic mass is 9.74. The Kier molecular flexibility index (Phi) is 7.53. The van der Waals surface area contributed by atoms with E-state index in [0.29, 0.717) is 49.9 Å². The van der Waals surface area contributed by atoms with Crippen LogP contribution in [0.25, 0.3) is 0 Å². The highest BCUT2D eigenvalue weighted by atomic mass is 35.5. The Morgan fingerprint density at radius 2 is 1.67 bits per heavy atom. The molecule has 2 aliphatic rings. The Labute approximate surface area is 236 Å². The van der Waals surface area contributed by atoms with Crippen molar-refractivity contribution < 1.29 is 19.5 Å². The number of carboxylic acid groups (broad SMARTS) is 1. The molecule has 2 atom stereocenters. The van der Waals surface area contributed by atoms with Gasteiger partial charge in [-0.2, -0.15) is 5.10 Å². The molecule has 1 aliphatic heterocycles. The zero-order valence-corrected chi connectivity index (χ0v) is 23.3. The van der Waals surface area contributed by atoms with E-state index in [1.165, 1.54) is 12.4 Å². The quantitative estimate of drug-likeness (QED) is 0.366. The van der Waals surface area contributed by atoms with Gasteiger partial charge in [-0.15, -0.1) is 0 Å². The van der Waals surface area contributed by atoms with E-state index in [4.69, 9.17) is 23.2 Å². The summed E-state index contributed by atoms with van der Waals surface area (Å²) in [6.45, 7) is 4.00. The van der Waals surface area contributed by atoms with Gasteiger partial charge in [0.25, 0.3) is 5.91 Å². The molecule has 1 aliphatic carbocycles. The van der Waals surface area contributed by atoms with Crippen molar-refractivity contribution in [1.82, 2.24) is 19.7 Å². The molecule has 10 heteroatoms. The van der Waals surface area contributed by atoms with Crippen LogP contribution in [0, 0.1) is 12.3 Å².